The van der Waals surface area contributed by atoms with Crippen LogP contribution in [0.2, 0.25) is 0 Å². The number of rotatable bonds is 5. The number of hydrogen-bond acceptors (Lipinski definition) is 5. The zero-order valence-electron chi connectivity index (χ0n) is 15.9. The highest BCUT2D eigenvalue weighted by molar-refractivity contribution is 6.00. The number of nitrogens with zero attached hydrogens (tertiary/aromatic N) is 1. The SMILES string of the molecule is CNC(=O)c1cccc(NC(=O)C2CCC(=O)N2Cc2ccc3c(c2)OCO3)c1. The topological polar surface area (TPSA) is 97.0 Å². The number of benzene rings is 2. The Hall–Kier alpha value is -3.55. The fourth-order valence-electron chi connectivity index (χ4n) is 3.55. The van der Waals surface area contributed by atoms with Gasteiger partial charge in [-0.15, -0.1) is 0 Å². The molecule has 150 valence electrons. The van der Waals surface area contributed by atoms with Crippen molar-refractivity contribution < 1.29 is 23.9 Å². The maximum absolute atomic E-state index is 12.8. The second-order valence-electron chi connectivity index (χ2n) is 6.91. The summed E-state index contributed by atoms with van der Waals surface area (Å²) < 4.78 is 10.7. The van der Waals surface area contributed by atoms with Crippen LogP contribution in [-0.4, -0.2) is 42.5 Å². The van der Waals surface area contributed by atoms with Crippen LogP contribution in [0.25, 0.3) is 0 Å². The molecule has 0 spiro atoms. The molecule has 2 aliphatic rings. The summed E-state index contributed by atoms with van der Waals surface area (Å²) in [7, 11) is 1.55. The normalized spacial score (nSPS) is 17.3. The van der Waals surface area contributed by atoms with Gasteiger partial charge in [0.2, 0.25) is 18.6 Å². The van der Waals surface area contributed by atoms with E-state index in [1.54, 1.807) is 42.3 Å². The highest BCUT2D eigenvalue weighted by Gasteiger charge is 2.36. The highest BCUT2D eigenvalue weighted by atomic mass is 16.7. The van der Waals surface area contributed by atoms with Crippen molar-refractivity contribution in [3.05, 3.63) is 53.6 Å². The molecule has 29 heavy (non-hydrogen) atoms. The van der Waals surface area contributed by atoms with E-state index < -0.39 is 6.04 Å². The number of anilines is 1. The lowest BCUT2D eigenvalue weighted by Gasteiger charge is -2.24. The molecule has 8 heteroatoms. The van der Waals surface area contributed by atoms with E-state index >= 15 is 0 Å². The van der Waals surface area contributed by atoms with E-state index in [0.717, 1.165) is 5.56 Å². The van der Waals surface area contributed by atoms with Crippen LogP contribution in [0, 0.1) is 0 Å². The van der Waals surface area contributed by atoms with Crippen LogP contribution in [0.3, 0.4) is 0 Å². The zero-order valence-corrected chi connectivity index (χ0v) is 15.9. The van der Waals surface area contributed by atoms with Gasteiger partial charge < -0.3 is 25.0 Å². The Bertz CT molecular complexity index is 975. The Balaban J connectivity index is 1.47. The van der Waals surface area contributed by atoms with E-state index in [4.69, 9.17) is 9.47 Å². The first-order valence-corrected chi connectivity index (χ1v) is 9.36. The molecule has 2 aromatic rings. The minimum Gasteiger partial charge on any atom is -0.454 e. The smallest absolute Gasteiger partial charge is 0.251 e. The lowest BCUT2D eigenvalue weighted by Crippen LogP contribution is -2.41. The predicted molar refractivity (Wildman–Crippen MR) is 105 cm³/mol. The van der Waals surface area contributed by atoms with Gasteiger partial charge in [-0.05, 0) is 42.3 Å². The summed E-state index contributed by atoms with van der Waals surface area (Å²) in [5.41, 5.74) is 1.83. The van der Waals surface area contributed by atoms with Crippen LogP contribution in [0.1, 0.15) is 28.8 Å². The van der Waals surface area contributed by atoms with Crippen LogP contribution in [0.15, 0.2) is 42.5 Å². The zero-order chi connectivity index (χ0) is 20.4. The maximum atomic E-state index is 12.8. The van der Waals surface area contributed by atoms with Crippen molar-refractivity contribution in [2.75, 3.05) is 19.2 Å². The average Bonchev–Trinajstić information content (AvgIpc) is 3.34. The summed E-state index contributed by atoms with van der Waals surface area (Å²) in [5.74, 6) is 0.738. The van der Waals surface area contributed by atoms with E-state index in [-0.39, 0.29) is 24.5 Å². The molecule has 2 N–H and O–H groups in total. The number of carbonyl (C=O) groups is 3. The lowest BCUT2D eigenvalue weighted by atomic mass is 10.1. The van der Waals surface area contributed by atoms with Crippen LogP contribution in [0.5, 0.6) is 11.5 Å². The van der Waals surface area contributed by atoms with E-state index in [9.17, 15) is 14.4 Å². The first-order valence-electron chi connectivity index (χ1n) is 9.36. The third kappa shape index (κ3) is 3.87. The number of ether oxygens (including phenoxy) is 2. The van der Waals surface area contributed by atoms with E-state index in [0.29, 0.717) is 42.1 Å². The van der Waals surface area contributed by atoms with Gasteiger partial charge in [-0.1, -0.05) is 12.1 Å². The summed E-state index contributed by atoms with van der Waals surface area (Å²) >= 11 is 0. The molecule has 8 nitrogen and oxygen atoms in total. The second-order valence-corrected chi connectivity index (χ2v) is 6.91. The van der Waals surface area contributed by atoms with Gasteiger partial charge >= 0.3 is 0 Å². The Morgan fingerprint density at radius 1 is 1.14 bits per heavy atom. The highest BCUT2D eigenvalue weighted by Crippen LogP contribution is 2.33. The molecule has 1 fully saturated rings. The van der Waals surface area contributed by atoms with Crippen molar-refractivity contribution in [1.29, 1.82) is 0 Å². The number of carbonyl (C=O) groups excluding carboxylic acids is 3. The number of fused-ring (bicyclic) bond motifs is 1. The first-order chi connectivity index (χ1) is 14.0. The number of hydrogen-bond donors (Lipinski definition) is 2. The fourth-order valence-corrected chi connectivity index (χ4v) is 3.55. The number of likely N-dealkylation sites (tertiary alicyclic amines) is 1. The molecule has 2 heterocycles. The first kappa shape index (κ1) is 18.8. The maximum Gasteiger partial charge on any atom is 0.251 e. The van der Waals surface area contributed by atoms with Crippen LogP contribution < -0.4 is 20.1 Å². The molecule has 0 radical (unpaired) electrons. The van der Waals surface area contributed by atoms with Crippen molar-refractivity contribution in [3.8, 4) is 11.5 Å². The molecular weight excluding hydrogens is 374 g/mol. The van der Waals surface area contributed by atoms with Gasteiger partial charge in [0, 0.05) is 31.3 Å². The van der Waals surface area contributed by atoms with Gasteiger partial charge in [-0.25, -0.2) is 0 Å². The third-order valence-electron chi connectivity index (χ3n) is 5.04. The van der Waals surface area contributed by atoms with Gasteiger partial charge in [0.05, 0.1) is 0 Å². The molecule has 0 bridgehead atoms. The Morgan fingerprint density at radius 3 is 2.79 bits per heavy atom. The van der Waals surface area contributed by atoms with E-state index in [1.165, 1.54) is 0 Å². The van der Waals surface area contributed by atoms with Gasteiger partial charge in [-0.3, -0.25) is 14.4 Å². The minimum absolute atomic E-state index is 0.0677. The summed E-state index contributed by atoms with van der Waals surface area (Å²) in [4.78, 5) is 38.6. The molecule has 0 saturated carbocycles. The van der Waals surface area contributed by atoms with Crippen molar-refractivity contribution in [1.82, 2.24) is 10.2 Å². The van der Waals surface area contributed by atoms with Crippen LogP contribution in [-0.2, 0) is 16.1 Å². The molecule has 0 aliphatic carbocycles. The summed E-state index contributed by atoms with van der Waals surface area (Å²) in [6, 6.07) is 11.6. The van der Waals surface area contributed by atoms with Gasteiger partial charge in [0.25, 0.3) is 5.91 Å². The molecule has 1 atom stereocenters. The van der Waals surface area contributed by atoms with Gasteiger partial charge in [-0.2, -0.15) is 0 Å². The quantitative estimate of drug-likeness (QED) is 0.806. The Morgan fingerprint density at radius 2 is 1.97 bits per heavy atom. The van der Waals surface area contributed by atoms with E-state index in [2.05, 4.69) is 10.6 Å². The molecule has 2 aliphatic heterocycles. The number of amides is 3. The van der Waals surface area contributed by atoms with Gasteiger partial charge in [0.15, 0.2) is 11.5 Å². The van der Waals surface area contributed by atoms with Gasteiger partial charge in [0.1, 0.15) is 6.04 Å². The summed E-state index contributed by atoms with van der Waals surface area (Å²) in [6.45, 7) is 0.493. The molecular formula is C21H21N3O5. The molecule has 0 aromatic heterocycles. The molecule has 3 amide bonds. The second kappa shape index (κ2) is 7.83. The monoisotopic (exact) mass is 395 g/mol. The standard InChI is InChI=1S/C21H21N3O5/c1-22-20(26)14-3-2-4-15(10-14)23-21(27)16-6-8-19(25)24(16)11-13-5-7-17-18(9-13)29-12-28-17/h2-5,7,9-10,16H,6,8,11-12H2,1H3,(H,22,26)(H,23,27). The van der Waals surface area contributed by atoms with Crippen molar-refractivity contribution in [2.45, 2.75) is 25.4 Å². The van der Waals surface area contributed by atoms with E-state index in [1.807, 2.05) is 12.1 Å². The van der Waals surface area contributed by atoms with Crippen LogP contribution >= 0.6 is 0 Å². The molecule has 1 saturated heterocycles. The molecule has 4 rings (SSSR count). The lowest BCUT2D eigenvalue weighted by molar-refractivity contribution is -0.133. The van der Waals surface area contributed by atoms with Crippen LogP contribution in [0.4, 0.5) is 5.69 Å². The van der Waals surface area contributed by atoms with Crippen molar-refractivity contribution >= 4 is 23.4 Å². The Kier molecular flexibility index (Phi) is 5.07. The Labute approximate surface area is 167 Å². The molecule has 2 aromatic carbocycles. The van der Waals surface area contributed by atoms with Crippen molar-refractivity contribution in [3.63, 3.8) is 0 Å². The molecule has 1 unspecified atom stereocenters. The fraction of sp³-hybridized carbons (Fsp3) is 0.286. The number of nitrogens with one attached hydrogen (secondary N) is 2. The van der Waals surface area contributed by atoms with Crippen molar-refractivity contribution in [2.24, 2.45) is 0 Å². The summed E-state index contributed by atoms with van der Waals surface area (Å²) in [5, 5.41) is 5.37. The summed E-state index contributed by atoms with van der Waals surface area (Å²) in [6.07, 6.45) is 0.769. The largest absolute Gasteiger partial charge is 0.454 e. The average molecular weight is 395 g/mol. The third-order valence-corrected chi connectivity index (χ3v) is 5.04. The predicted octanol–water partition coefficient (Wildman–Crippen LogP) is 1.90. The minimum atomic E-state index is -0.573.